The summed E-state index contributed by atoms with van der Waals surface area (Å²) >= 11 is 15.9. The van der Waals surface area contributed by atoms with Crippen molar-refractivity contribution in [3.05, 3.63) is 68.1 Å². The Labute approximate surface area is 221 Å². The van der Waals surface area contributed by atoms with Gasteiger partial charge in [-0.15, -0.1) is 0 Å². The third kappa shape index (κ3) is 4.64. The minimum Gasteiger partial charge on any atom is -0.412 e. The summed E-state index contributed by atoms with van der Waals surface area (Å²) in [4.78, 5) is 29.6. The molecule has 0 radical (unpaired) electrons. The first-order valence-corrected chi connectivity index (χ1v) is 15.9. The van der Waals surface area contributed by atoms with E-state index in [2.05, 4.69) is 49.8 Å². The number of benzene rings is 2. The molecule has 0 spiro atoms. The van der Waals surface area contributed by atoms with Gasteiger partial charge in [0.05, 0.1) is 6.10 Å². The molecule has 2 heterocycles. The van der Waals surface area contributed by atoms with Crippen LogP contribution in [-0.4, -0.2) is 43.1 Å². The molecule has 3 atom stereocenters. The van der Waals surface area contributed by atoms with Crippen LogP contribution in [0.4, 0.5) is 0 Å². The average molecular weight is 583 g/mol. The number of fused-ring (bicyclic) bond motifs is 1. The van der Waals surface area contributed by atoms with Crippen molar-refractivity contribution in [2.45, 2.75) is 69.3 Å². The molecule has 2 aliphatic rings. The molecule has 4 rings (SSSR count). The van der Waals surface area contributed by atoms with Crippen LogP contribution in [0, 0.1) is 0 Å². The lowest BCUT2D eigenvalue weighted by Crippen LogP contribution is -2.46. The van der Waals surface area contributed by atoms with E-state index < -0.39 is 19.8 Å². The molecule has 0 aliphatic carbocycles. The van der Waals surface area contributed by atoms with Crippen LogP contribution in [0.25, 0.3) is 0 Å². The molecule has 4 nitrogen and oxygen atoms in total. The van der Waals surface area contributed by atoms with Gasteiger partial charge in [0, 0.05) is 33.9 Å². The number of halogens is 3. The summed E-state index contributed by atoms with van der Waals surface area (Å²) in [6, 6.07) is 12.9. The van der Waals surface area contributed by atoms with Gasteiger partial charge in [-0.3, -0.25) is 9.59 Å². The van der Waals surface area contributed by atoms with Gasteiger partial charge in [-0.05, 0) is 59.6 Å². The second-order valence-corrected chi connectivity index (χ2v) is 17.5. The van der Waals surface area contributed by atoms with Gasteiger partial charge >= 0.3 is 0 Å². The molecule has 34 heavy (non-hydrogen) atoms. The topological polar surface area (TPSA) is 46.6 Å². The van der Waals surface area contributed by atoms with Gasteiger partial charge in [0.25, 0.3) is 0 Å². The molecule has 0 aromatic heterocycles. The third-order valence-electron chi connectivity index (χ3n) is 7.60. The lowest BCUT2D eigenvalue weighted by atomic mass is 9.80. The van der Waals surface area contributed by atoms with Crippen LogP contribution in [0.3, 0.4) is 0 Å². The fourth-order valence-electron chi connectivity index (χ4n) is 4.90. The smallest absolute Gasteiger partial charge is 0.238 e. The SMILES string of the molecule is CC(C)(C)[Si](C)(C)O[C@H]1CN2C(=O)C(c3cc(Cl)cc(Cl)c3)C(=O)[C@]2(Cc2ccc(Br)cc2)C1. The number of nitrogens with zero attached hydrogens (tertiary/aromatic N) is 1. The molecule has 2 fully saturated rings. The standard InChI is InChI=1S/C26H30BrCl2NO3Si/c1-25(2,3)34(4,5)33-21-14-26(13-16-6-8-18(27)9-7-16)23(31)22(24(32)30(26)15-21)17-10-19(28)12-20(29)11-17/h6-12,21-22H,13-15H2,1-5H3/t21-,22?,26+/m1/s1. The Hall–Kier alpha value is -1.18. The predicted molar refractivity (Wildman–Crippen MR) is 143 cm³/mol. The lowest BCUT2D eigenvalue weighted by Gasteiger charge is -2.38. The zero-order valence-electron chi connectivity index (χ0n) is 20.1. The summed E-state index contributed by atoms with van der Waals surface area (Å²) < 4.78 is 7.67. The minimum absolute atomic E-state index is 0.0347. The molecule has 0 bridgehead atoms. The summed E-state index contributed by atoms with van der Waals surface area (Å²) in [6.07, 6.45) is 0.769. The van der Waals surface area contributed by atoms with Gasteiger partial charge in [0.2, 0.25) is 5.91 Å². The molecular weight excluding hydrogens is 553 g/mol. The van der Waals surface area contributed by atoms with Crippen molar-refractivity contribution in [1.82, 2.24) is 4.90 Å². The average Bonchev–Trinajstić information content (AvgIpc) is 3.14. The summed E-state index contributed by atoms with van der Waals surface area (Å²) in [5, 5.41) is 0.861. The van der Waals surface area contributed by atoms with Crippen molar-refractivity contribution in [3.63, 3.8) is 0 Å². The summed E-state index contributed by atoms with van der Waals surface area (Å²) in [7, 11) is -2.08. The molecule has 182 valence electrons. The van der Waals surface area contributed by atoms with Crippen molar-refractivity contribution in [2.24, 2.45) is 0 Å². The molecule has 0 N–H and O–H groups in total. The molecule has 1 amide bonds. The first kappa shape index (κ1) is 25.9. The van der Waals surface area contributed by atoms with E-state index in [9.17, 15) is 9.59 Å². The number of hydrogen-bond acceptors (Lipinski definition) is 3. The Morgan fingerprint density at radius 1 is 1.09 bits per heavy atom. The van der Waals surface area contributed by atoms with Crippen LogP contribution in [0.2, 0.25) is 28.2 Å². The van der Waals surface area contributed by atoms with E-state index in [4.69, 9.17) is 27.6 Å². The number of amides is 1. The Kier molecular flexibility index (Phi) is 6.88. The predicted octanol–water partition coefficient (Wildman–Crippen LogP) is 7.03. The summed E-state index contributed by atoms with van der Waals surface area (Å²) in [6.45, 7) is 11.4. The number of Topliss-reactive ketones (excluding diaryl/α,β-unsaturated/α-hetero) is 1. The van der Waals surface area contributed by atoms with E-state index in [-0.39, 0.29) is 22.8 Å². The van der Waals surface area contributed by atoms with Gasteiger partial charge in [-0.25, -0.2) is 0 Å². The van der Waals surface area contributed by atoms with Crippen molar-refractivity contribution in [2.75, 3.05) is 6.54 Å². The molecule has 0 saturated carbocycles. The van der Waals surface area contributed by atoms with Crippen molar-refractivity contribution in [1.29, 1.82) is 0 Å². The number of carbonyl (C=O) groups is 2. The lowest BCUT2D eigenvalue weighted by molar-refractivity contribution is -0.131. The van der Waals surface area contributed by atoms with Gasteiger partial charge in [0.15, 0.2) is 14.1 Å². The van der Waals surface area contributed by atoms with Crippen molar-refractivity contribution in [3.8, 4) is 0 Å². The van der Waals surface area contributed by atoms with Gasteiger partial charge < -0.3 is 9.33 Å². The number of carbonyl (C=O) groups excluding carboxylic acids is 2. The fraction of sp³-hybridized carbons (Fsp3) is 0.462. The van der Waals surface area contributed by atoms with Crippen LogP contribution in [-0.2, 0) is 20.4 Å². The molecular formula is C26H30BrCl2NO3Si. The Morgan fingerprint density at radius 3 is 2.24 bits per heavy atom. The second kappa shape index (κ2) is 9.04. The molecule has 8 heteroatoms. The maximum atomic E-state index is 14.1. The van der Waals surface area contributed by atoms with Crippen LogP contribution < -0.4 is 0 Å². The second-order valence-electron chi connectivity index (χ2n) is 11.0. The zero-order valence-corrected chi connectivity index (χ0v) is 24.2. The molecule has 1 unspecified atom stereocenters. The zero-order chi connectivity index (χ0) is 25.1. The Morgan fingerprint density at radius 2 is 1.68 bits per heavy atom. The molecule has 2 aromatic carbocycles. The first-order valence-electron chi connectivity index (χ1n) is 11.5. The normalized spacial score (nSPS) is 25.2. The van der Waals surface area contributed by atoms with E-state index in [1.807, 2.05) is 24.3 Å². The Bertz CT molecular complexity index is 1110. The molecule has 2 aliphatic heterocycles. The van der Waals surface area contributed by atoms with Crippen LogP contribution in [0.15, 0.2) is 46.9 Å². The van der Waals surface area contributed by atoms with E-state index in [1.54, 1.807) is 23.1 Å². The van der Waals surface area contributed by atoms with Crippen molar-refractivity contribution < 1.29 is 14.0 Å². The summed E-state index contributed by atoms with van der Waals surface area (Å²) in [5.41, 5.74) is 0.614. The number of hydrogen-bond donors (Lipinski definition) is 0. The maximum Gasteiger partial charge on any atom is 0.238 e. The first-order chi connectivity index (χ1) is 15.7. The van der Waals surface area contributed by atoms with E-state index >= 15 is 0 Å². The third-order valence-corrected chi connectivity index (χ3v) is 13.1. The highest BCUT2D eigenvalue weighted by Gasteiger charge is 2.63. The molecule has 2 saturated heterocycles. The van der Waals surface area contributed by atoms with Crippen LogP contribution in [0.1, 0.15) is 44.2 Å². The highest BCUT2D eigenvalue weighted by molar-refractivity contribution is 9.10. The number of rotatable bonds is 5. The van der Waals surface area contributed by atoms with Crippen molar-refractivity contribution >= 4 is 59.1 Å². The quantitative estimate of drug-likeness (QED) is 0.281. The highest BCUT2D eigenvalue weighted by atomic mass is 79.9. The van der Waals surface area contributed by atoms with Gasteiger partial charge in [0.1, 0.15) is 11.5 Å². The van der Waals surface area contributed by atoms with E-state index in [1.165, 1.54) is 0 Å². The minimum atomic E-state index is -2.08. The van der Waals surface area contributed by atoms with E-state index in [0.717, 1.165) is 10.0 Å². The van der Waals surface area contributed by atoms with Gasteiger partial charge in [-0.1, -0.05) is 72.0 Å². The fourth-order valence-corrected chi connectivity index (χ4v) is 7.06. The Balaban J connectivity index is 1.73. The van der Waals surface area contributed by atoms with Crippen LogP contribution >= 0.6 is 39.1 Å². The highest BCUT2D eigenvalue weighted by Crippen LogP contribution is 2.48. The largest absolute Gasteiger partial charge is 0.412 e. The monoisotopic (exact) mass is 581 g/mol. The number of ketones is 1. The molecule has 2 aromatic rings. The maximum absolute atomic E-state index is 14.1. The summed E-state index contributed by atoms with van der Waals surface area (Å²) in [5.74, 6) is -1.19. The van der Waals surface area contributed by atoms with E-state index in [0.29, 0.717) is 35.0 Å². The van der Waals surface area contributed by atoms with Gasteiger partial charge in [-0.2, -0.15) is 0 Å². The van der Waals surface area contributed by atoms with Crippen LogP contribution in [0.5, 0.6) is 0 Å².